The third-order valence-corrected chi connectivity index (χ3v) is 3.29. The van der Waals surface area contributed by atoms with Gasteiger partial charge in [0.1, 0.15) is 5.75 Å². The molecule has 0 aromatic heterocycles. The van der Waals surface area contributed by atoms with Crippen LogP contribution >= 0.6 is 27.5 Å². The van der Waals surface area contributed by atoms with Crippen LogP contribution in [0, 0.1) is 0 Å². The molecule has 0 saturated heterocycles. The molecule has 1 heterocycles. The van der Waals surface area contributed by atoms with E-state index in [9.17, 15) is 4.79 Å². The lowest BCUT2D eigenvalue weighted by Crippen LogP contribution is -2.32. The molecule has 86 valence electrons. The van der Waals surface area contributed by atoms with Crippen molar-refractivity contribution in [2.24, 2.45) is 0 Å². The van der Waals surface area contributed by atoms with Crippen LogP contribution in [0.15, 0.2) is 16.6 Å². The molecular weight excluding hydrogens is 295 g/mol. The topological polar surface area (TPSA) is 35.5 Å². The average molecular weight is 306 g/mol. The maximum atomic E-state index is 11.4. The Balaban J connectivity index is 2.30. The first kappa shape index (κ1) is 11.7. The van der Waals surface area contributed by atoms with Gasteiger partial charge in [-0.25, -0.2) is 4.79 Å². The van der Waals surface area contributed by atoms with Crippen LogP contribution in [0.4, 0.5) is 0 Å². The SMILES string of the molecule is COC(=O)[C@H]1CCc2cc(Cl)cc(Br)c2O1. The Morgan fingerprint density at radius 1 is 1.62 bits per heavy atom. The molecule has 0 spiro atoms. The highest BCUT2D eigenvalue weighted by atomic mass is 79.9. The quantitative estimate of drug-likeness (QED) is 0.748. The van der Waals surface area contributed by atoms with Gasteiger partial charge in [-0.15, -0.1) is 0 Å². The monoisotopic (exact) mass is 304 g/mol. The third kappa shape index (κ3) is 2.18. The van der Waals surface area contributed by atoms with Crippen molar-refractivity contribution in [3.63, 3.8) is 0 Å². The van der Waals surface area contributed by atoms with Crippen LogP contribution in [0.5, 0.6) is 5.75 Å². The molecule has 0 saturated carbocycles. The molecule has 1 aliphatic rings. The summed E-state index contributed by atoms with van der Waals surface area (Å²) in [5.74, 6) is 0.346. The lowest BCUT2D eigenvalue weighted by molar-refractivity contribution is -0.149. The van der Waals surface area contributed by atoms with Crippen molar-refractivity contribution in [3.8, 4) is 5.75 Å². The molecule has 5 heteroatoms. The summed E-state index contributed by atoms with van der Waals surface area (Å²) in [6.45, 7) is 0. The summed E-state index contributed by atoms with van der Waals surface area (Å²) < 4.78 is 11.0. The summed E-state index contributed by atoms with van der Waals surface area (Å²) in [5.41, 5.74) is 1.01. The van der Waals surface area contributed by atoms with Gasteiger partial charge in [0.05, 0.1) is 11.6 Å². The highest BCUT2D eigenvalue weighted by Gasteiger charge is 2.28. The second-order valence-corrected chi connectivity index (χ2v) is 4.83. The molecule has 0 aliphatic carbocycles. The summed E-state index contributed by atoms with van der Waals surface area (Å²) in [6.07, 6.45) is 0.857. The van der Waals surface area contributed by atoms with Crippen LogP contribution in [0.1, 0.15) is 12.0 Å². The standard InChI is InChI=1S/C11H10BrClO3/c1-15-11(14)9-3-2-6-4-7(13)5-8(12)10(6)16-9/h4-5,9H,2-3H2,1H3/t9-/m1/s1. The van der Waals surface area contributed by atoms with Crippen molar-refractivity contribution < 1.29 is 14.3 Å². The van der Waals surface area contributed by atoms with Gasteiger partial charge in [0.15, 0.2) is 6.10 Å². The number of methoxy groups -OCH3 is 1. The molecule has 2 rings (SSSR count). The zero-order valence-corrected chi connectivity index (χ0v) is 11.0. The summed E-state index contributed by atoms with van der Waals surface area (Å²) in [7, 11) is 1.36. The number of hydrogen-bond donors (Lipinski definition) is 0. The Hall–Kier alpha value is -0.740. The fourth-order valence-electron chi connectivity index (χ4n) is 1.72. The van der Waals surface area contributed by atoms with Gasteiger partial charge in [-0.1, -0.05) is 11.6 Å². The number of benzene rings is 1. The van der Waals surface area contributed by atoms with E-state index in [2.05, 4.69) is 20.7 Å². The van der Waals surface area contributed by atoms with E-state index in [1.54, 1.807) is 6.07 Å². The Morgan fingerprint density at radius 2 is 2.38 bits per heavy atom. The highest BCUT2D eigenvalue weighted by Crippen LogP contribution is 2.37. The Labute approximate surface area is 107 Å². The van der Waals surface area contributed by atoms with Crippen LogP contribution in [0.2, 0.25) is 5.02 Å². The van der Waals surface area contributed by atoms with Gasteiger partial charge < -0.3 is 9.47 Å². The van der Waals surface area contributed by atoms with Gasteiger partial charge in [0.2, 0.25) is 0 Å². The van der Waals surface area contributed by atoms with E-state index in [0.717, 1.165) is 16.5 Å². The molecule has 1 atom stereocenters. The number of aryl methyl sites for hydroxylation is 1. The smallest absolute Gasteiger partial charge is 0.347 e. The largest absolute Gasteiger partial charge is 0.477 e. The molecule has 0 N–H and O–H groups in total. The molecule has 0 amide bonds. The van der Waals surface area contributed by atoms with Crippen molar-refractivity contribution in [3.05, 3.63) is 27.2 Å². The van der Waals surface area contributed by atoms with E-state index >= 15 is 0 Å². The second-order valence-electron chi connectivity index (χ2n) is 3.54. The summed E-state index contributed by atoms with van der Waals surface area (Å²) in [5, 5.41) is 0.658. The minimum Gasteiger partial charge on any atom is -0.477 e. The van der Waals surface area contributed by atoms with Crippen LogP contribution in [-0.2, 0) is 16.0 Å². The first-order valence-corrected chi connectivity index (χ1v) is 6.01. The number of ether oxygens (including phenoxy) is 2. The first-order valence-electron chi connectivity index (χ1n) is 4.84. The van der Waals surface area contributed by atoms with Gasteiger partial charge in [-0.2, -0.15) is 0 Å². The zero-order valence-electron chi connectivity index (χ0n) is 8.63. The minimum absolute atomic E-state index is 0.340. The predicted molar refractivity (Wildman–Crippen MR) is 63.9 cm³/mol. The van der Waals surface area contributed by atoms with Crippen LogP contribution < -0.4 is 4.74 Å². The number of carbonyl (C=O) groups excluding carboxylic acids is 1. The number of fused-ring (bicyclic) bond motifs is 1. The maximum Gasteiger partial charge on any atom is 0.347 e. The van der Waals surface area contributed by atoms with E-state index in [1.165, 1.54) is 7.11 Å². The van der Waals surface area contributed by atoms with Gasteiger partial charge in [-0.05, 0) is 46.5 Å². The van der Waals surface area contributed by atoms with Crippen LogP contribution in [-0.4, -0.2) is 19.2 Å². The van der Waals surface area contributed by atoms with E-state index in [1.807, 2.05) is 6.07 Å². The Bertz CT molecular complexity index is 433. The van der Waals surface area contributed by atoms with Gasteiger partial charge in [0, 0.05) is 5.02 Å². The van der Waals surface area contributed by atoms with Crippen LogP contribution in [0.25, 0.3) is 0 Å². The number of carbonyl (C=O) groups is 1. The molecule has 16 heavy (non-hydrogen) atoms. The van der Waals surface area contributed by atoms with Crippen LogP contribution in [0.3, 0.4) is 0 Å². The lowest BCUT2D eigenvalue weighted by Gasteiger charge is -2.25. The summed E-state index contributed by atoms with van der Waals surface area (Å²) in [4.78, 5) is 11.4. The van der Waals surface area contributed by atoms with Crippen molar-refractivity contribution in [1.29, 1.82) is 0 Å². The molecule has 0 unspecified atom stereocenters. The molecule has 0 radical (unpaired) electrons. The maximum absolute atomic E-state index is 11.4. The van der Waals surface area contributed by atoms with E-state index in [0.29, 0.717) is 17.2 Å². The van der Waals surface area contributed by atoms with E-state index in [4.69, 9.17) is 16.3 Å². The van der Waals surface area contributed by atoms with E-state index < -0.39 is 6.10 Å². The van der Waals surface area contributed by atoms with Gasteiger partial charge >= 0.3 is 5.97 Å². The minimum atomic E-state index is -0.519. The molecule has 0 bridgehead atoms. The Kier molecular flexibility index (Phi) is 3.40. The van der Waals surface area contributed by atoms with Gasteiger partial charge in [0.25, 0.3) is 0 Å². The fraction of sp³-hybridized carbons (Fsp3) is 0.364. The summed E-state index contributed by atoms with van der Waals surface area (Å²) >= 11 is 9.30. The second kappa shape index (κ2) is 4.63. The van der Waals surface area contributed by atoms with Crippen molar-refractivity contribution >= 4 is 33.5 Å². The number of esters is 1. The third-order valence-electron chi connectivity index (χ3n) is 2.49. The molecule has 1 aliphatic heterocycles. The predicted octanol–water partition coefficient (Wildman–Crippen LogP) is 2.97. The molecule has 0 fully saturated rings. The number of rotatable bonds is 1. The summed E-state index contributed by atoms with van der Waals surface area (Å²) in [6, 6.07) is 3.61. The zero-order chi connectivity index (χ0) is 11.7. The highest BCUT2D eigenvalue weighted by molar-refractivity contribution is 9.10. The van der Waals surface area contributed by atoms with E-state index in [-0.39, 0.29) is 5.97 Å². The fourth-order valence-corrected chi connectivity index (χ4v) is 2.68. The van der Waals surface area contributed by atoms with Gasteiger partial charge in [-0.3, -0.25) is 0 Å². The van der Waals surface area contributed by atoms with Crippen molar-refractivity contribution in [2.45, 2.75) is 18.9 Å². The molecule has 1 aromatic carbocycles. The molecule has 3 nitrogen and oxygen atoms in total. The number of halogens is 2. The molecule has 1 aromatic rings. The Morgan fingerprint density at radius 3 is 3.06 bits per heavy atom. The first-order chi connectivity index (χ1) is 7.61. The lowest BCUT2D eigenvalue weighted by atomic mass is 10.0. The van der Waals surface area contributed by atoms with Crippen molar-refractivity contribution in [2.75, 3.05) is 7.11 Å². The molecular formula is C11H10BrClO3. The normalized spacial score (nSPS) is 18.6. The number of hydrogen-bond acceptors (Lipinski definition) is 3. The van der Waals surface area contributed by atoms with Crippen molar-refractivity contribution in [1.82, 2.24) is 0 Å². The average Bonchev–Trinajstić information content (AvgIpc) is 2.27.